The van der Waals surface area contributed by atoms with Gasteiger partial charge in [0.05, 0.1) is 6.04 Å². The van der Waals surface area contributed by atoms with Gasteiger partial charge in [-0.05, 0) is 42.2 Å². The molecular formula is C21H21FN2O. The van der Waals surface area contributed by atoms with E-state index in [1.807, 2.05) is 24.0 Å². The predicted octanol–water partition coefficient (Wildman–Crippen LogP) is 4.58. The second-order valence-corrected chi connectivity index (χ2v) is 6.60. The maximum atomic E-state index is 13.4. The highest BCUT2D eigenvalue weighted by Crippen LogP contribution is 2.38. The normalized spacial score (nSPS) is 16.9. The van der Waals surface area contributed by atoms with Crippen LogP contribution in [0.25, 0.3) is 10.9 Å². The summed E-state index contributed by atoms with van der Waals surface area (Å²) in [5, 5.41) is 1.22. The highest BCUT2D eigenvalue weighted by atomic mass is 19.1. The van der Waals surface area contributed by atoms with Gasteiger partial charge in [-0.15, -0.1) is 0 Å². The van der Waals surface area contributed by atoms with E-state index < -0.39 is 0 Å². The van der Waals surface area contributed by atoms with Gasteiger partial charge in [0.1, 0.15) is 5.82 Å². The number of para-hydroxylation sites is 1. The van der Waals surface area contributed by atoms with Gasteiger partial charge in [-0.3, -0.25) is 4.79 Å². The number of fused-ring (bicyclic) bond motifs is 3. The van der Waals surface area contributed by atoms with Crippen LogP contribution in [0, 0.1) is 5.82 Å². The topological polar surface area (TPSA) is 36.1 Å². The number of hydrogen-bond acceptors (Lipinski definition) is 1. The summed E-state index contributed by atoms with van der Waals surface area (Å²) in [6.07, 6.45) is 2.20. The molecule has 1 aliphatic rings. The van der Waals surface area contributed by atoms with Crippen molar-refractivity contribution in [3.05, 3.63) is 71.2 Å². The van der Waals surface area contributed by atoms with Gasteiger partial charge in [0.25, 0.3) is 0 Å². The fourth-order valence-electron chi connectivity index (χ4n) is 3.86. The molecule has 1 aliphatic heterocycles. The maximum absolute atomic E-state index is 13.4. The van der Waals surface area contributed by atoms with Crippen LogP contribution >= 0.6 is 0 Å². The van der Waals surface area contributed by atoms with Crippen LogP contribution in [0.3, 0.4) is 0 Å². The van der Waals surface area contributed by atoms with E-state index in [0.29, 0.717) is 13.0 Å². The first-order chi connectivity index (χ1) is 12.2. The van der Waals surface area contributed by atoms with Crippen molar-refractivity contribution in [1.29, 1.82) is 0 Å². The summed E-state index contributed by atoms with van der Waals surface area (Å²) in [6, 6.07) is 14.6. The zero-order chi connectivity index (χ0) is 17.4. The van der Waals surface area contributed by atoms with E-state index in [1.54, 1.807) is 12.1 Å². The molecule has 0 radical (unpaired) electrons. The Hall–Kier alpha value is -2.62. The molecule has 2 aromatic carbocycles. The molecule has 1 N–H and O–H groups in total. The van der Waals surface area contributed by atoms with Gasteiger partial charge in [0.15, 0.2) is 0 Å². The van der Waals surface area contributed by atoms with Crippen LogP contribution in [-0.2, 0) is 11.2 Å². The Balaban J connectivity index is 1.87. The van der Waals surface area contributed by atoms with Gasteiger partial charge in [0, 0.05) is 29.6 Å². The third-order valence-electron chi connectivity index (χ3n) is 5.00. The Morgan fingerprint density at radius 2 is 1.96 bits per heavy atom. The number of H-pyrrole nitrogens is 1. The molecular weight excluding hydrogens is 315 g/mol. The molecule has 0 spiro atoms. The number of hydrogen-bond donors (Lipinski definition) is 1. The second kappa shape index (κ2) is 6.36. The number of benzene rings is 2. The van der Waals surface area contributed by atoms with Gasteiger partial charge in [-0.1, -0.05) is 37.3 Å². The molecule has 2 heterocycles. The number of carbonyl (C=O) groups is 1. The SMILES string of the molecule is CCCC(=O)N1CCc2c([nH]c3ccccc23)C1c1ccc(F)cc1. The fourth-order valence-corrected chi connectivity index (χ4v) is 3.86. The summed E-state index contributed by atoms with van der Waals surface area (Å²) in [6.45, 7) is 2.71. The highest BCUT2D eigenvalue weighted by Gasteiger charge is 2.33. The predicted molar refractivity (Wildman–Crippen MR) is 96.9 cm³/mol. The van der Waals surface area contributed by atoms with Gasteiger partial charge in [0.2, 0.25) is 5.91 Å². The lowest BCUT2D eigenvalue weighted by Crippen LogP contribution is -2.40. The number of nitrogens with one attached hydrogen (secondary N) is 1. The van der Waals surface area contributed by atoms with E-state index in [2.05, 4.69) is 17.1 Å². The van der Waals surface area contributed by atoms with Crippen molar-refractivity contribution in [2.45, 2.75) is 32.2 Å². The first-order valence-electron chi connectivity index (χ1n) is 8.83. The first kappa shape index (κ1) is 15.9. The molecule has 1 amide bonds. The number of rotatable bonds is 3. The van der Waals surface area contributed by atoms with Crippen molar-refractivity contribution in [3.63, 3.8) is 0 Å². The van der Waals surface area contributed by atoms with E-state index in [4.69, 9.17) is 0 Å². The third kappa shape index (κ3) is 2.72. The van der Waals surface area contributed by atoms with Crippen molar-refractivity contribution in [3.8, 4) is 0 Å². The van der Waals surface area contributed by atoms with Crippen molar-refractivity contribution in [2.75, 3.05) is 6.54 Å². The van der Waals surface area contributed by atoms with Crippen molar-refractivity contribution in [2.24, 2.45) is 0 Å². The molecule has 1 atom stereocenters. The summed E-state index contributed by atoms with van der Waals surface area (Å²) in [5.74, 6) is -0.107. The monoisotopic (exact) mass is 336 g/mol. The number of aromatic nitrogens is 1. The highest BCUT2D eigenvalue weighted by molar-refractivity contribution is 5.86. The molecule has 0 aliphatic carbocycles. The van der Waals surface area contributed by atoms with Gasteiger partial charge in [-0.25, -0.2) is 4.39 Å². The Morgan fingerprint density at radius 3 is 2.72 bits per heavy atom. The lowest BCUT2D eigenvalue weighted by Gasteiger charge is -2.36. The smallest absolute Gasteiger partial charge is 0.223 e. The minimum atomic E-state index is -0.261. The van der Waals surface area contributed by atoms with Crippen LogP contribution in [0.1, 0.15) is 42.6 Å². The number of carbonyl (C=O) groups excluding carboxylic acids is 1. The maximum Gasteiger partial charge on any atom is 0.223 e. The largest absolute Gasteiger partial charge is 0.356 e. The third-order valence-corrected chi connectivity index (χ3v) is 5.00. The van der Waals surface area contributed by atoms with Crippen LogP contribution in [0.2, 0.25) is 0 Å². The first-order valence-corrected chi connectivity index (χ1v) is 8.83. The quantitative estimate of drug-likeness (QED) is 0.746. The lowest BCUT2D eigenvalue weighted by atomic mass is 9.92. The molecule has 1 unspecified atom stereocenters. The average Bonchev–Trinajstić information content (AvgIpc) is 3.00. The summed E-state index contributed by atoms with van der Waals surface area (Å²) in [7, 11) is 0. The molecule has 128 valence electrons. The van der Waals surface area contributed by atoms with Crippen LogP contribution in [-0.4, -0.2) is 22.3 Å². The molecule has 3 nitrogen and oxygen atoms in total. The lowest BCUT2D eigenvalue weighted by molar-refractivity contribution is -0.133. The van der Waals surface area contributed by atoms with Crippen LogP contribution in [0.5, 0.6) is 0 Å². The Morgan fingerprint density at radius 1 is 1.20 bits per heavy atom. The molecule has 3 aromatic rings. The standard InChI is InChI=1S/C21H21FN2O/c1-2-5-19(25)24-13-12-17-16-6-3-4-7-18(16)23-20(17)21(24)14-8-10-15(22)11-9-14/h3-4,6-11,21,23H,2,5,12-13H2,1H3. The summed E-state index contributed by atoms with van der Waals surface area (Å²) >= 11 is 0. The molecule has 0 saturated carbocycles. The van der Waals surface area contributed by atoms with Gasteiger partial charge < -0.3 is 9.88 Å². The Bertz CT molecular complexity index is 913. The number of halogens is 1. The molecule has 25 heavy (non-hydrogen) atoms. The summed E-state index contributed by atoms with van der Waals surface area (Å²) < 4.78 is 13.4. The van der Waals surface area contributed by atoms with Crippen LogP contribution in [0.4, 0.5) is 4.39 Å². The Kier molecular flexibility index (Phi) is 4.04. The summed E-state index contributed by atoms with van der Waals surface area (Å²) in [4.78, 5) is 18.2. The minimum Gasteiger partial charge on any atom is -0.356 e. The second-order valence-electron chi connectivity index (χ2n) is 6.60. The molecule has 0 fully saturated rings. The average molecular weight is 336 g/mol. The molecule has 4 heteroatoms. The summed E-state index contributed by atoms with van der Waals surface area (Å²) in [5.41, 5.74) is 4.36. The van der Waals surface area contributed by atoms with Crippen molar-refractivity contribution >= 4 is 16.8 Å². The minimum absolute atomic E-state index is 0.154. The molecule has 4 rings (SSSR count). The van der Waals surface area contributed by atoms with E-state index in [0.717, 1.165) is 29.6 Å². The van der Waals surface area contributed by atoms with E-state index in [1.165, 1.54) is 23.1 Å². The van der Waals surface area contributed by atoms with Crippen LogP contribution in [0.15, 0.2) is 48.5 Å². The molecule has 0 bridgehead atoms. The number of amides is 1. The fraction of sp³-hybridized carbons (Fsp3) is 0.286. The number of aromatic amines is 1. The molecule has 1 aromatic heterocycles. The van der Waals surface area contributed by atoms with Gasteiger partial charge in [-0.2, -0.15) is 0 Å². The van der Waals surface area contributed by atoms with Gasteiger partial charge >= 0.3 is 0 Å². The zero-order valence-corrected chi connectivity index (χ0v) is 14.3. The van der Waals surface area contributed by atoms with Crippen LogP contribution < -0.4 is 0 Å². The molecule has 0 saturated heterocycles. The van der Waals surface area contributed by atoms with E-state index in [-0.39, 0.29) is 17.8 Å². The van der Waals surface area contributed by atoms with Crippen molar-refractivity contribution in [1.82, 2.24) is 9.88 Å². The Labute approximate surface area is 146 Å². The number of nitrogens with zero attached hydrogens (tertiary/aromatic N) is 1. The van der Waals surface area contributed by atoms with E-state index >= 15 is 0 Å². The zero-order valence-electron chi connectivity index (χ0n) is 14.3. The van der Waals surface area contributed by atoms with Crippen molar-refractivity contribution < 1.29 is 9.18 Å². The van der Waals surface area contributed by atoms with E-state index in [9.17, 15) is 9.18 Å².